The molecule has 1 aromatic carbocycles. The molecule has 0 unspecified atom stereocenters. The third-order valence-corrected chi connectivity index (χ3v) is 4.52. The van der Waals surface area contributed by atoms with E-state index in [-0.39, 0.29) is 18.3 Å². The lowest BCUT2D eigenvalue weighted by molar-refractivity contribution is 0.0908. The van der Waals surface area contributed by atoms with Gasteiger partial charge < -0.3 is 11.1 Å². The van der Waals surface area contributed by atoms with Gasteiger partial charge in [0.05, 0.1) is 0 Å². The van der Waals surface area contributed by atoms with Crippen LogP contribution in [0.2, 0.25) is 10.0 Å². The van der Waals surface area contributed by atoms with Gasteiger partial charge in [0, 0.05) is 27.5 Å². The van der Waals surface area contributed by atoms with Crippen LogP contribution in [0.5, 0.6) is 0 Å². The molecule has 0 fully saturated rings. The summed E-state index contributed by atoms with van der Waals surface area (Å²) >= 11 is 13.5. The highest BCUT2D eigenvalue weighted by molar-refractivity contribution is 7.09. The van der Waals surface area contributed by atoms with Crippen molar-refractivity contribution in [2.24, 2.45) is 5.73 Å². The van der Waals surface area contributed by atoms with Gasteiger partial charge in [-0.1, -0.05) is 29.3 Å². The Morgan fingerprint density at radius 3 is 2.65 bits per heavy atom. The SMILES string of the molecule is CC(C)(Cc1ccc(Cl)cc1Cl)NC(=O)c1csc(CN)n1.Cl. The van der Waals surface area contributed by atoms with Crippen molar-refractivity contribution in [1.29, 1.82) is 0 Å². The summed E-state index contributed by atoms with van der Waals surface area (Å²) in [6.07, 6.45) is 0.586. The van der Waals surface area contributed by atoms with Crippen molar-refractivity contribution in [2.75, 3.05) is 0 Å². The van der Waals surface area contributed by atoms with E-state index in [9.17, 15) is 4.79 Å². The summed E-state index contributed by atoms with van der Waals surface area (Å²) in [6.45, 7) is 4.21. The molecule has 0 radical (unpaired) electrons. The maximum atomic E-state index is 12.3. The zero-order valence-electron chi connectivity index (χ0n) is 12.7. The molecule has 0 aliphatic carbocycles. The van der Waals surface area contributed by atoms with Crippen molar-refractivity contribution in [1.82, 2.24) is 10.3 Å². The number of hydrogen-bond donors (Lipinski definition) is 2. The van der Waals surface area contributed by atoms with Crippen molar-refractivity contribution in [3.8, 4) is 0 Å². The van der Waals surface area contributed by atoms with Gasteiger partial charge in [-0.2, -0.15) is 0 Å². The summed E-state index contributed by atoms with van der Waals surface area (Å²) in [4.78, 5) is 16.4. The first-order chi connectivity index (χ1) is 10.3. The van der Waals surface area contributed by atoms with E-state index in [0.717, 1.165) is 10.6 Å². The first kappa shape index (κ1) is 20.2. The molecule has 0 saturated carbocycles. The van der Waals surface area contributed by atoms with Gasteiger partial charge in [-0.3, -0.25) is 4.79 Å². The lowest BCUT2D eigenvalue weighted by atomic mass is 9.94. The van der Waals surface area contributed by atoms with Crippen LogP contribution in [-0.4, -0.2) is 16.4 Å². The minimum Gasteiger partial charge on any atom is -0.345 e. The highest BCUT2D eigenvalue weighted by Crippen LogP contribution is 2.25. The summed E-state index contributed by atoms with van der Waals surface area (Å²) in [5, 5.41) is 6.61. The topological polar surface area (TPSA) is 68.0 Å². The molecule has 2 aromatic rings. The van der Waals surface area contributed by atoms with E-state index >= 15 is 0 Å². The molecule has 126 valence electrons. The van der Waals surface area contributed by atoms with Gasteiger partial charge in [0.1, 0.15) is 10.7 Å². The lowest BCUT2D eigenvalue weighted by Crippen LogP contribution is -2.45. The Bertz CT molecular complexity index is 688. The number of hydrogen-bond acceptors (Lipinski definition) is 4. The Labute approximate surface area is 155 Å². The van der Waals surface area contributed by atoms with E-state index in [0.29, 0.717) is 28.7 Å². The van der Waals surface area contributed by atoms with Crippen LogP contribution >= 0.6 is 46.9 Å². The second-order valence-corrected chi connectivity index (χ2v) is 7.37. The monoisotopic (exact) mass is 393 g/mol. The molecule has 0 saturated heterocycles. The van der Waals surface area contributed by atoms with Crippen LogP contribution in [0, 0.1) is 0 Å². The third-order valence-electron chi connectivity index (χ3n) is 3.06. The number of carbonyl (C=O) groups excluding carboxylic acids is 1. The number of thiazole rings is 1. The van der Waals surface area contributed by atoms with Gasteiger partial charge in [0.15, 0.2) is 0 Å². The molecule has 2 rings (SSSR count). The predicted octanol–water partition coefficient (Wildman–Crippen LogP) is 4.08. The Balaban J connectivity index is 0.00000264. The number of rotatable bonds is 5. The van der Waals surface area contributed by atoms with Gasteiger partial charge in [-0.05, 0) is 38.0 Å². The summed E-state index contributed by atoms with van der Waals surface area (Å²) < 4.78 is 0. The van der Waals surface area contributed by atoms with E-state index in [1.807, 2.05) is 19.9 Å². The van der Waals surface area contributed by atoms with Gasteiger partial charge in [-0.15, -0.1) is 23.7 Å². The molecular formula is C15H18Cl3N3OS. The van der Waals surface area contributed by atoms with E-state index in [4.69, 9.17) is 28.9 Å². The fourth-order valence-electron chi connectivity index (χ4n) is 2.07. The lowest BCUT2D eigenvalue weighted by Gasteiger charge is -2.26. The Morgan fingerprint density at radius 1 is 1.39 bits per heavy atom. The van der Waals surface area contributed by atoms with Crippen LogP contribution < -0.4 is 11.1 Å². The van der Waals surface area contributed by atoms with E-state index in [2.05, 4.69) is 10.3 Å². The number of benzene rings is 1. The molecule has 1 heterocycles. The first-order valence-electron chi connectivity index (χ1n) is 6.71. The van der Waals surface area contributed by atoms with E-state index in [1.54, 1.807) is 17.5 Å². The summed E-state index contributed by atoms with van der Waals surface area (Å²) in [7, 11) is 0. The molecule has 0 spiro atoms. The number of carbonyl (C=O) groups is 1. The fourth-order valence-corrected chi connectivity index (χ4v) is 3.20. The second-order valence-electron chi connectivity index (χ2n) is 5.58. The quantitative estimate of drug-likeness (QED) is 0.803. The molecule has 3 N–H and O–H groups in total. The molecule has 23 heavy (non-hydrogen) atoms. The molecule has 4 nitrogen and oxygen atoms in total. The van der Waals surface area contributed by atoms with Crippen LogP contribution in [0.1, 0.15) is 34.9 Å². The zero-order chi connectivity index (χ0) is 16.3. The van der Waals surface area contributed by atoms with E-state index in [1.165, 1.54) is 11.3 Å². The number of halogens is 3. The van der Waals surface area contributed by atoms with Gasteiger partial charge >= 0.3 is 0 Å². The minimum atomic E-state index is -0.471. The average molecular weight is 395 g/mol. The minimum absolute atomic E-state index is 0. The van der Waals surface area contributed by atoms with Crippen LogP contribution in [-0.2, 0) is 13.0 Å². The smallest absolute Gasteiger partial charge is 0.271 e. The second kappa shape index (κ2) is 8.31. The maximum absolute atomic E-state index is 12.3. The number of nitrogens with one attached hydrogen (secondary N) is 1. The number of amides is 1. The first-order valence-corrected chi connectivity index (χ1v) is 8.35. The average Bonchev–Trinajstić information content (AvgIpc) is 2.90. The normalized spacial score (nSPS) is 11.0. The van der Waals surface area contributed by atoms with Crippen molar-refractivity contribution >= 4 is 52.9 Å². The fraction of sp³-hybridized carbons (Fsp3) is 0.333. The Kier molecular flexibility index (Phi) is 7.29. The maximum Gasteiger partial charge on any atom is 0.271 e. The third kappa shape index (κ3) is 5.62. The van der Waals surface area contributed by atoms with Crippen LogP contribution in [0.4, 0.5) is 0 Å². The van der Waals surface area contributed by atoms with Crippen molar-refractivity contribution in [2.45, 2.75) is 32.4 Å². The number of nitrogens with two attached hydrogens (primary N) is 1. The zero-order valence-corrected chi connectivity index (χ0v) is 15.9. The molecule has 0 atom stereocenters. The Hall–Kier alpha value is -0.850. The van der Waals surface area contributed by atoms with E-state index < -0.39 is 5.54 Å². The number of nitrogens with zero attached hydrogens (tertiary/aromatic N) is 1. The molecule has 1 aromatic heterocycles. The van der Waals surface area contributed by atoms with Crippen molar-refractivity contribution < 1.29 is 4.79 Å². The largest absolute Gasteiger partial charge is 0.345 e. The van der Waals surface area contributed by atoms with Gasteiger partial charge in [0.2, 0.25) is 0 Å². The Morgan fingerprint density at radius 2 is 2.09 bits per heavy atom. The molecule has 0 bridgehead atoms. The molecule has 1 amide bonds. The molecule has 0 aliphatic heterocycles. The number of aromatic nitrogens is 1. The standard InChI is InChI=1S/C15H17Cl2N3OS.ClH/c1-15(2,6-9-3-4-10(16)5-11(9)17)20-14(21)12-8-22-13(7-18)19-12;/h3-5,8H,6-7,18H2,1-2H3,(H,20,21);1H. The molecular weight excluding hydrogens is 377 g/mol. The van der Waals surface area contributed by atoms with Crippen molar-refractivity contribution in [3.63, 3.8) is 0 Å². The van der Waals surface area contributed by atoms with Crippen LogP contribution in [0.3, 0.4) is 0 Å². The molecule has 0 aliphatic rings. The van der Waals surface area contributed by atoms with Crippen molar-refractivity contribution in [3.05, 3.63) is 49.9 Å². The van der Waals surface area contributed by atoms with Crippen LogP contribution in [0.25, 0.3) is 0 Å². The van der Waals surface area contributed by atoms with Gasteiger partial charge in [-0.25, -0.2) is 4.98 Å². The van der Waals surface area contributed by atoms with Crippen LogP contribution in [0.15, 0.2) is 23.6 Å². The summed E-state index contributed by atoms with van der Waals surface area (Å²) in [5.74, 6) is -0.217. The summed E-state index contributed by atoms with van der Waals surface area (Å²) in [6, 6.07) is 5.35. The summed E-state index contributed by atoms with van der Waals surface area (Å²) in [5.41, 5.74) is 6.36. The highest BCUT2D eigenvalue weighted by atomic mass is 35.5. The van der Waals surface area contributed by atoms with Gasteiger partial charge in [0.25, 0.3) is 5.91 Å². The predicted molar refractivity (Wildman–Crippen MR) is 99.0 cm³/mol. The molecule has 8 heteroatoms. The highest BCUT2D eigenvalue weighted by Gasteiger charge is 2.24.